The number of benzene rings is 1. The number of aromatic amines is 2. The fraction of sp³-hybridized carbons (Fsp3) is 0.278. The van der Waals surface area contributed by atoms with E-state index in [0.29, 0.717) is 34.8 Å². The maximum Gasteiger partial charge on any atom is 0.345 e. The summed E-state index contributed by atoms with van der Waals surface area (Å²) >= 11 is 0. The molecule has 0 unspecified atom stereocenters. The molecule has 3 N–H and O–H groups in total. The summed E-state index contributed by atoms with van der Waals surface area (Å²) < 4.78 is 0. The summed E-state index contributed by atoms with van der Waals surface area (Å²) in [7, 11) is 0. The molecule has 1 amide bonds. The normalized spacial score (nSPS) is 11.0. The molecule has 0 aliphatic heterocycles. The molecular weight excluding hydrogens is 334 g/mol. The summed E-state index contributed by atoms with van der Waals surface area (Å²) in [6.07, 6.45) is 0.636. The van der Waals surface area contributed by atoms with Crippen LogP contribution in [0.4, 0.5) is 0 Å². The van der Waals surface area contributed by atoms with Crippen LogP contribution in [0.5, 0.6) is 0 Å². The molecule has 2 heterocycles. The minimum Gasteiger partial charge on any atom is -0.343 e. The predicted octanol–water partition coefficient (Wildman–Crippen LogP) is 1.13. The number of H-pyrrole nitrogens is 2. The van der Waals surface area contributed by atoms with E-state index in [4.69, 9.17) is 0 Å². The number of para-hydroxylation sites is 1. The standard InChI is InChI=1S/C18H19N5O3/c1-10(2)7-11-8-14(22-18(26)20-11)17(25)19-9-15-21-13-6-4-3-5-12(13)16(24)23-15/h3-6,8,10H,7,9H2,1-2H3,(H,19,25)(H,20,22,26)(H,21,23,24). The number of rotatable bonds is 5. The Morgan fingerprint density at radius 1 is 1.15 bits per heavy atom. The van der Waals surface area contributed by atoms with Gasteiger partial charge in [-0.25, -0.2) is 9.78 Å². The maximum atomic E-state index is 12.3. The van der Waals surface area contributed by atoms with Crippen LogP contribution in [0.2, 0.25) is 0 Å². The largest absolute Gasteiger partial charge is 0.345 e. The Morgan fingerprint density at radius 2 is 1.92 bits per heavy atom. The van der Waals surface area contributed by atoms with Gasteiger partial charge in [-0.05, 0) is 30.5 Å². The maximum absolute atomic E-state index is 12.3. The molecule has 3 rings (SSSR count). The minimum absolute atomic E-state index is 0.0207. The van der Waals surface area contributed by atoms with E-state index in [2.05, 4.69) is 25.3 Å². The number of hydrogen-bond donors (Lipinski definition) is 3. The number of nitrogens with zero attached hydrogens (tertiary/aromatic N) is 2. The molecule has 0 atom stereocenters. The van der Waals surface area contributed by atoms with Gasteiger partial charge in [-0.15, -0.1) is 0 Å². The van der Waals surface area contributed by atoms with Crippen molar-refractivity contribution in [2.45, 2.75) is 26.8 Å². The summed E-state index contributed by atoms with van der Waals surface area (Å²) in [6, 6.07) is 8.52. The highest BCUT2D eigenvalue weighted by Crippen LogP contribution is 2.06. The first-order valence-electron chi connectivity index (χ1n) is 8.29. The summed E-state index contributed by atoms with van der Waals surface area (Å²) in [5, 5.41) is 3.11. The van der Waals surface area contributed by atoms with Gasteiger partial charge in [-0.2, -0.15) is 4.98 Å². The van der Waals surface area contributed by atoms with Crippen LogP contribution < -0.4 is 16.6 Å². The van der Waals surface area contributed by atoms with Crippen molar-refractivity contribution >= 4 is 16.8 Å². The third-order valence-corrected chi connectivity index (χ3v) is 3.74. The van der Waals surface area contributed by atoms with E-state index in [-0.39, 0.29) is 17.8 Å². The van der Waals surface area contributed by atoms with Crippen LogP contribution >= 0.6 is 0 Å². The Balaban J connectivity index is 1.78. The lowest BCUT2D eigenvalue weighted by atomic mass is 10.1. The number of amides is 1. The zero-order valence-corrected chi connectivity index (χ0v) is 14.5. The molecule has 0 aliphatic carbocycles. The average molecular weight is 353 g/mol. The molecule has 0 aliphatic rings. The van der Waals surface area contributed by atoms with E-state index in [1.165, 1.54) is 0 Å². The third-order valence-electron chi connectivity index (χ3n) is 3.74. The molecule has 0 bridgehead atoms. The first-order valence-corrected chi connectivity index (χ1v) is 8.29. The first-order chi connectivity index (χ1) is 12.4. The zero-order chi connectivity index (χ0) is 18.7. The van der Waals surface area contributed by atoms with E-state index < -0.39 is 11.6 Å². The van der Waals surface area contributed by atoms with E-state index in [0.717, 1.165) is 0 Å². The van der Waals surface area contributed by atoms with Gasteiger partial charge >= 0.3 is 5.69 Å². The molecule has 0 saturated carbocycles. The first kappa shape index (κ1) is 17.5. The van der Waals surface area contributed by atoms with Crippen molar-refractivity contribution < 1.29 is 4.79 Å². The van der Waals surface area contributed by atoms with Gasteiger partial charge in [0.05, 0.1) is 17.4 Å². The summed E-state index contributed by atoms with van der Waals surface area (Å²) in [5.41, 5.74) is 0.405. The Bertz CT molecular complexity index is 1070. The monoisotopic (exact) mass is 353 g/mol. The van der Waals surface area contributed by atoms with E-state index in [9.17, 15) is 14.4 Å². The molecule has 134 valence electrons. The fourth-order valence-electron chi connectivity index (χ4n) is 2.65. The topological polar surface area (TPSA) is 121 Å². The van der Waals surface area contributed by atoms with E-state index in [1.807, 2.05) is 13.8 Å². The second-order valence-corrected chi connectivity index (χ2v) is 6.41. The van der Waals surface area contributed by atoms with Crippen LogP contribution in [-0.2, 0) is 13.0 Å². The lowest BCUT2D eigenvalue weighted by molar-refractivity contribution is 0.0944. The summed E-state index contributed by atoms with van der Waals surface area (Å²) in [4.78, 5) is 49.3. The lowest BCUT2D eigenvalue weighted by Crippen LogP contribution is -2.29. The molecule has 2 aromatic heterocycles. The van der Waals surface area contributed by atoms with Crippen LogP contribution in [0.25, 0.3) is 10.9 Å². The van der Waals surface area contributed by atoms with E-state index >= 15 is 0 Å². The van der Waals surface area contributed by atoms with Crippen molar-refractivity contribution in [3.05, 3.63) is 68.4 Å². The number of nitrogens with one attached hydrogen (secondary N) is 3. The lowest BCUT2D eigenvalue weighted by Gasteiger charge is -2.08. The number of aromatic nitrogens is 4. The van der Waals surface area contributed by atoms with Crippen molar-refractivity contribution in [1.82, 2.24) is 25.3 Å². The second-order valence-electron chi connectivity index (χ2n) is 6.41. The SMILES string of the molecule is CC(C)Cc1cc(C(=O)NCc2nc3ccccc3c(=O)[nH]2)nc(=O)[nH]1. The highest BCUT2D eigenvalue weighted by atomic mass is 16.2. The highest BCUT2D eigenvalue weighted by molar-refractivity contribution is 5.92. The van der Waals surface area contributed by atoms with Crippen LogP contribution in [0.3, 0.4) is 0 Å². The molecule has 8 heteroatoms. The van der Waals surface area contributed by atoms with Crippen molar-refractivity contribution in [2.75, 3.05) is 0 Å². The molecule has 0 fully saturated rings. The molecule has 3 aromatic rings. The molecule has 1 aromatic carbocycles. The van der Waals surface area contributed by atoms with Gasteiger partial charge in [0.1, 0.15) is 11.5 Å². The van der Waals surface area contributed by atoms with Gasteiger partial charge in [0.25, 0.3) is 11.5 Å². The number of carbonyl (C=O) groups excluding carboxylic acids is 1. The third kappa shape index (κ3) is 4.02. The predicted molar refractivity (Wildman–Crippen MR) is 96.9 cm³/mol. The minimum atomic E-state index is -0.564. The summed E-state index contributed by atoms with van der Waals surface area (Å²) in [5.74, 6) is 0.155. The fourth-order valence-corrected chi connectivity index (χ4v) is 2.65. The zero-order valence-electron chi connectivity index (χ0n) is 14.5. The molecule has 8 nitrogen and oxygen atoms in total. The Morgan fingerprint density at radius 3 is 2.69 bits per heavy atom. The van der Waals surface area contributed by atoms with Crippen molar-refractivity contribution in [3.63, 3.8) is 0 Å². The van der Waals surface area contributed by atoms with Crippen molar-refractivity contribution in [3.8, 4) is 0 Å². The Labute approximate surface area is 148 Å². The molecular formula is C18H19N5O3. The van der Waals surface area contributed by atoms with Gasteiger partial charge in [0.2, 0.25) is 0 Å². The highest BCUT2D eigenvalue weighted by Gasteiger charge is 2.12. The average Bonchev–Trinajstić information content (AvgIpc) is 2.58. The smallest absolute Gasteiger partial charge is 0.343 e. The van der Waals surface area contributed by atoms with Crippen molar-refractivity contribution in [1.29, 1.82) is 0 Å². The Kier molecular flexibility index (Phi) is 4.92. The van der Waals surface area contributed by atoms with Gasteiger partial charge in [-0.1, -0.05) is 26.0 Å². The van der Waals surface area contributed by atoms with Crippen molar-refractivity contribution in [2.24, 2.45) is 5.92 Å². The second kappa shape index (κ2) is 7.30. The Hall–Kier alpha value is -3.29. The quantitative estimate of drug-likeness (QED) is 0.635. The van der Waals surface area contributed by atoms with Gasteiger partial charge in [0, 0.05) is 5.69 Å². The van der Waals surface area contributed by atoms with Crippen LogP contribution in [-0.4, -0.2) is 25.8 Å². The van der Waals surface area contributed by atoms with Crippen LogP contribution in [0.15, 0.2) is 39.9 Å². The van der Waals surface area contributed by atoms with Crippen LogP contribution in [0, 0.1) is 5.92 Å². The molecule has 0 radical (unpaired) electrons. The number of fused-ring (bicyclic) bond motifs is 1. The van der Waals surface area contributed by atoms with Gasteiger partial charge in [-0.3, -0.25) is 9.59 Å². The van der Waals surface area contributed by atoms with Gasteiger partial charge < -0.3 is 15.3 Å². The van der Waals surface area contributed by atoms with Crippen LogP contribution in [0.1, 0.15) is 35.9 Å². The number of carbonyl (C=O) groups is 1. The molecule has 0 saturated heterocycles. The number of hydrogen-bond acceptors (Lipinski definition) is 5. The van der Waals surface area contributed by atoms with E-state index in [1.54, 1.807) is 30.3 Å². The summed E-state index contributed by atoms with van der Waals surface area (Å²) in [6.45, 7) is 4.05. The van der Waals surface area contributed by atoms with Gasteiger partial charge in [0.15, 0.2) is 0 Å². The molecule has 0 spiro atoms. The molecule has 26 heavy (non-hydrogen) atoms.